The van der Waals surface area contributed by atoms with Crippen molar-refractivity contribution in [3.05, 3.63) is 70.7 Å². The molecule has 2 aromatic rings. The van der Waals surface area contributed by atoms with Crippen LogP contribution in [0.2, 0.25) is 5.02 Å². The van der Waals surface area contributed by atoms with E-state index in [-0.39, 0.29) is 44.0 Å². The van der Waals surface area contributed by atoms with Crippen LogP contribution in [0.3, 0.4) is 0 Å². The largest absolute Gasteiger partial charge is 0.469 e. The molecule has 0 atom stereocenters. The van der Waals surface area contributed by atoms with Gasteiger partial charge in [0.2, 0.25) is 5.91 Å². The maximum Gasteiger partial charge on any atom is 0.307 e. The maximum absolute atomic E-state index is 12.7. The Bertz CT molecular complexity index is 792. The number of benzene rings is 2. The van der Waals surface area contributed by atoms with Crippen molar-refractivity contribution in [1.29, 1.82) is 0 Å². The number of esters is 1. The molecular weight excluding hydrogens is 366 g/mol. The number of halogens is 1. The van der Waals surface area contributed by atoms with Gasteiger partial charge in [0.15, 0.2) is 5.78 Å². The Balaban J connectivity index is 2.02. The van der Waals surface area contributed by atoms with Crippen LogP contribution in [0.25, 0.3) is 0 Å². The number of ketones is 1. The number of rotatable bonds is 9. The van der Waals surface area contributed by atoms with E-state index in [0.29, 0.717) is 10.6 Å². The van der Waals surface area contributed by atoms with Crippen LogP contribution < -0.4 is 0 Å². The smallest absolute Gasteiger partial charge is 0.307 e. The van der Waals surface area contributed by atoms with Gasteiger partial charge in [-0.15, -0.1) is 0 Å². The summed E-state index contributed by atoms with van der Waals surface area (Å²) in [5.41, 5.74) is 1.37. The third kappa shape index (κ3) is 6.53. The van der Waals surface area contributed by atoms with E-state index < -0.39 is 5.97 Å². The van der Waals surface area contributed by atoms with E-state index in [1.54, 1.807) is 30.3 Å². The fraction of sp³-hybridized carbons (Fsp3) is 0.286. The van der Waals surface area contributed by atoms with Gasteiger partial charge in [0, 0.05) is 36.5 Å². The summed E-state index contributed by atoms with van der Waals surface area (Å²) >= 11 is 6.19. The van der Waals surface area contributed by atoms with Crippen LogP contribution in [-0.2, 0) is 20.9 Å². The van der Waals surface area contributed by atoms with E-state index >= 15 is 0 Å². The van der Waals surface area contributed by atoms with Gasteiger partial charge < -0.3 is 9.64 Å². The molecule has 0 saturated heterocycles. The number of carbonyl (C=O) groups excluding carboxylic acids is 3. The lowest BCUT2D eigenvalue weighted by atomic mass is 10.1. The minimum Gasteiger partial charge on any atom is -0.469 e. The molecule has 0 N–H and O–H groups in total. The Labute approximate surface area is 163 Å². The fourth-order valence-corrected chi connectivity index (χ4v) is 2.79. The molecule has 2 rings (SSSR count). The van der Waals surface area contributed by atoms with Gasteiger partial charge in [-0.1, -0.05) is 60.1 Å². The van der Waals surface area contributed by atoms with Crippen molar-refractivity contribution in [1.82, 2.24) is 4.90 Å². The van der Waals surface area contributed by atoms with E-state index in [1.807, 2.05) is 24.3 Å². The summed E-state index contributed by atoms with van der Waals surface area (Å²) in [6, 6.07) is 16.1. The number of ether oxygens (including phenoxy) is 1. The van der Waals surface area contributed by atoms with Crippen LogP contribution in [-0.4, -0.2) is 36.2 Å². The fourth-order valence-electron chi connectivity index (χ4n) is 2.60. The minimum absolute atomic E-state index is 0.0688. The number of hydrogen-bond donors (Lipinski definition) is 0. The second-order valence-electron chi connectivity index (χ2n) is 6.02. The highest BCUT2D eigenvalue weighted by atomic mass is 35.5. The summed E-state index contributed by atoms with van der Waals surface area (Å²) < 4.78 is 4.65. The Morgan fingerprint density at radius 1 is 0.926 bits per heavy atom. The molecule has 0 bridgehead atoms. The Hall–Kier alpha value is -2.66. The predicted molar refractivity (Wildman–Crippen MR) is 104 cm³/mol. The topological polar surface area (TPSA) is 63.7 Å². The highest BCUT2D eigenvalue weighted by Gasteiger charge is 2.18. The molecule has 0 aliphatic rings. The zero-order valence-corrected chi connectivity index (χ0v) is 15.9. The highest BCUT2D eigenvalue weighted by molar-refractivity contribution is 6.31. The third-order valence-electron chi connectivity index (χ3n) is 4.15. The van der Waals surface area contributed by atoms with Gasteiger partial charge in [-0.2, -0.15) is 0 Å². The second-order valence-corrected chi connectivity index (χ2v) is 6.43. The first kappa shape index (κ1) is 20.6. The lowest BCUT2D eigenvalue weighted by molar-refractivity contribution is -0.142. The second kappa shape index (κ2) is 10.5. The number of nitrogens with zero attached hydrogens (tertiary/aromatic N) is 1. The molecule has 6 heteroatoms. The molecular formula is C21H22ClNO4. The molecule has 0 saturated carbocycles. The summed E-state index contributed by atoms with van der Waals surface area (Å²) in [5, 5.41) is 0.550. The van der Waals surface area contributed by atoms with Crippen LogP contribution in [0.5, 0.6) is 0 Å². The number of hydrogen-bond acceptors (Lipinski definition) is 4. The van der Waals surface area contributed by atoms with Crippen LogP contribution >= 0.6 is 11.6 Å². The molecule has 0 heterocycles. The summed E-state index contributed by atoms with van der Waals surface area (Å²) in [7, 11) is 1.31. The van der Waals surface area contributed by atoms with Crippen molar-refractivity contribution >= 4 is 29.3 Å². The summed E-state index contributed by atoms with van der Waals surface area (Å²) in [4.78, 5) is 37.9. The van der Waals surface area contributed by atoms with Crippen molar-refractivity contribution < 1.29 is 19.1 Å². The van der Waals surface area contributed by atoms with Crippen LogP contribution in [0, 0.1) is 0 Å². The van der Waals surface area contributed by atoms with Crippen LogP contribution in [0.15, 0.2) is 54.6 Å². The zero-order valence-electron chi connectivity index (χ0n) is 15.2. The Morgan fingerprint density at radius 2 is 1.59 bits per heavy atom. The Morgan fingerprint density at radius 3 is 2.26 bits per heavy atom. The van der Waals surface area contributed by atoms with Crippen molar-refractivity contribution in [2.24, 2.45) is 0 Å². The molecule has 0 unspecified atom stereocenters. The lowest BCUT2D eigenvalue weighted by Gasteiger charge is -2.23. The number of carbonyl (C=O) groups is 3. The van der Waals surface area contributed by atoms with Crippen molar-refractivity contribution in [2.45, 2.75) is 25.8 Å². The van der Waals surface area contributed by atoms with Gasteiger partial charge in [0.1, 0.15) is 0 Å². The van der Waals surface area contributed by atoms with Gasteiger partial charge in [0.25, 0.3) is 0 Å². The summed E-state index contributed by atoms with van der Waals surface area (Å²) in [5.74, 6) is -0.690. The monoisotopic (exact) mass is 387 g/mol. The van der Waals surface area contributed by atoms with Gasteiger partial charge in [-0.25, -0.2) is 0 Å². The van der Waals surface area contributed by atoms with Gasteiger partial charge in [-0.3, -0.25) is 14.4 Å². The molecule has 0 radical (unpaired) electrons. The molecule has 0 aromatic heterocycles. The minimum atomic E-state index is -0.396. The molecule has 5 nitrogen and oxygen atoms in total. The first-order valence-electron chi connectivity index (χ1n) is 8.67. The predicted octanol–water partition coefficient (Wildman–Crippen LogP) is 3.89. The summed E-state index contributed by atoms with van der Waals surface area (Å²) in [6.07, 6.45) is 0.263. The zero-order chi connectivity index (χ0) is 19.6. The average molecular weight is 388 g/mol. The maximum atomic E-state index is 12.7. The molecule has 0 aliphatic carbocycles. The molecule has 27 heavy (non-hydrogen) atoms. The van der Waals surface area contributed by atoms with E-state index in [1.165, 1.54) is 12.0 Å². The first-order valence-corrected chi connectivity index (χ1v) is 9.05. The number of amides is 1. The van der Waals surface area contributed by atoms with Crippen LogP contribution in [0.4, 0.5) is 0 Å². The standard InChI is InChI=1S/C21H22ClNO4/c1-27-21(26)13-14-23(15-17-9-5-6-10-18(17)22)20(25)12-11-19(24)16-7-3-2-4-8-16/h2-10H,11-15H2,1H3. The molecule has 0 fully saturated rings. The quantitative estimate of drug-likeness (QED) is 0.483. The number of Topliss-reactive ketones (excluding diaryl/α,β-unsaturated/α-hetero) is 1. The van der Waals surface area contributed by atoms with E-state index in [9.17, 15) is 14.4 Å². The molecule has 1 amide bonds. The Kier molecular flexibility index (Phi) is 8.01. The van der Waals surface area contributed by atoms with Crippen molar-refractivity contribution in [2.75, 3.05) is 13.7 Å². The normalized spacial score (nSPS) is 10.3. The van der Waals surface area contributed by atoms with E-state index in [4.69, 9.17) is 11.6 Å². The lowest BCUT2D eigenvalue weighted by Crippen LogP contribution is -2.33. The van der Waals surface area contributed by atoms with Crippen molar-refractivity contribution in [3.8, 4) is 0 Å². The number of methoxy groups -OCH3 is 1. The first-order chi connectivity index (χ1) is 13.0. The SMILES string of the molecule is COC(=O)CCN(Cc1ccccc1Cl)C(=O)CCC(=O)c1ccccc1. The van der Waals surface area contributed by atoms with Crippen LogP contribution in [0.1, 0.15) is 35.2 Å². The van der Waals surface area contributed by atoms with Gasteiger partial charge in [0.05, 0.1) is 13.5 Å². The molecule has 142 valence electrons. The molecule has 2 aromatic carbocycles. The summed E-state index contributed by atoms with van der Waals surface area (Å²) in [6.45, 7) is 0.477. The molecule has 0 aliphatic heterocycles. The highest BCUT2D eigenvalue weighted by Crippen LogP contribution is 2.18. The van der Waals surface area contributed by atoms with Crippen molar-refractivity contribution in [3.63, 3.8) is 0 Å². The van der Waals surface area contributed by atoms with E-state index in [2.05, 4.69) is 4.74 Å². The molecule has 0 spiro atoms. The third-order valence-corrected chi connectivity index (χ3v) is 4.52. The van der Waals surface area contributed by atoms with E-state index in [0.717, 1.165) is 5.56 Å². The van der Waals surface area contributed by atoms with Gasteiger partial charge in [-0.05, 0) is 11.6 Å². The average Bonchev–Trinajstić information content (AvgIpc) is 2.70. The van der Waals surface area contributed by atoms with Gasteiger partial charge >= 0.3 is 5.97 Å².